The lowest BCUT2D eigenvalue weighted by molar-refractivity contribution is 0.132. The first kappa shape index (κ1) is 23.9. The summed E-state index contributed by atoms with van der Waals surface area (Å²) in [4.78, 5) is 26.3. The second-order valence-electron chi connectivity index (χ2n) is 9.21. The summed E-state index contributed by atoms with van der Waals surface area (Å²) in [5.41, 5.74) is 3.94. The van der Waals surface area contributed by atoms with Crippen molar-refractivity contribution >= 4 is 39.4 Å². The molecule has 1 aliphatic heterocycles. The van der Waals surface area contributed by atoms with Crippen LogP contribution in [0.15, 0.2) is 47.9 Å². The molecule has 1 fully saturated rings. The third-order valence-corrected chi connectivity index (χ3v) is 8.09. The first-order chi connectivity index (χ1) is 17.0. The van der Waals surface area contributed by atoms with Crippen LogP contribution in [-0.2, 0) is 0 Å². The Bertz CT molecular complexity index is 1270. The van der Waals surface area contributed by atoms with E-state index in [4.69, 9.17) is 9.72 Å². The Hall–Kier alpha value is -2.78. The average Bonchev–Trinajstić information content (AvgIpc) is 3.30. The van der Waals surface area contributed by atoms with Crippen molar-refractivity contribution in [3.05, 3.63) is 48.4 Å². The van der Waals surface area contributed by atoms with Gasteiger partial charge in [-0.15, -0.1) is 11.8 Å². The third-order valence-electron chi connectivity index (χ3n) is 6.58. The second kappa shape index (κ2) is 10.5. The predicted octanol–water partition coefficient (Wildman–Crippen LogP) is 6.07. The Kier molecular flexibility index (Phi) is 7.15. The van der Waals surface area contributed by atoms with Crippen LogP contribution in [0.2, 0.25) is 0 Å². The minimum Gasteiger partial charge on any atom is -0.467 e. The summed E-state index contributed by atoms with van der Waals surface area (Å²) in [6.45, 7) is 8.35. The first-order valence-corrected chi connectivity index (χ1v) is 14.1. The van der Waals surface area contributed by atoms with Crippen molar-refractivity contribution in [1.82, 2.24) is 24.9 Å². The number of ether oxygens (including phenoxy) is 1. The zero-order chi connectivity index (χ0) is 24.4. The van der Waals surface area contributed by atoms with E-state index in [1.54, 1.807) is 11.8 Å². The third kappa shape index (κ3) is 5.41. The number of pyridine rings is 2. The first-order valence-electron chi connectivity index (χ1n) is 12.0. The molecule has 1 unspecified atom stereocenters. The highest BCUT2D eigenvalue weighted by Gasteiger charge is 2.27. The van der Waals surface area contributed by atoms with Gasteiger partial charge in [0.2, 0.25) is 5.95 Å². The number of rotatable bonds is 7. The van der Waals surface area contributed by atoms with Crippen LogP contribution in [0, 0.1) is 5.92 Å². The fourth-order valence-electron chi connectivity index (χ4n) is 4.28. The van der Waals surface area contributed by atoms with Crippen LogP contribution in [0.1, 0.15) is 45.1 Å². The van der Waals surface area contributed by atoms with Gasteiger partial charge in [0.05, 0.1) is 10.7 Å². The lowest BCUT2D eigenvalue weighted by Gasteiger charge is -2.34. The second-order valence-corrected chi connectivity index (χ2v) is 11.0. The molecule has 1 aliphatic rings. The minimum absolute atomic E-state index is 0.0877. The molecule has 0 aliphatic carbocycles. The van der Waals surface area contributed by atoms with Crippen molar-refractivity contribution in [2.45, 2.75) is 50.7 Å². The summed E-state index contributed by atoms with van der Waals surface area (Å²) >= 11 is 3.14. The Morgan fingerprint density at radius 3 is 2.40 bits per heavy atom. The molecule has 9 heteroatoms. The van der Waals surface area contributed by atoms with Gasteiger partial charge in [-0.25, -0.2) is 24.9 Å². The summed E-state index contributed by atoms with van der Waals surface area (Å²) in [5.74, 6) is 1.74. The van der Waals surface area contributed by atoms with Crippen LogP contribution in [0.4, 0.5) is 5.95 Å². The molecule has 1 atom stereocenters. The van der Waals surface area contributed by atoms with E-state index < -0.39 is 0 Å². The molecule has 182 valence electrons. The standard InChI is InChI=1S/C26H30N6OS2/c1-16(2)20-14-28-25(29-15-20)32-11-9-18(10-12-32)17(3)33-26-31-22-7-6-21(30-24(22)35-26)19-5-8-23(34-4)27-13-19/h5-8,13-18H,9-12H2,1-4H3. The van der Waals surface area contributed by atoms with Crippen molar-refractivity contribution < 1.29 is 4.74 Å². The molecular weight excluding hydrogens is 476 g/mol. The molecule has 0 N–H and O–H groups in total. The summed E-state index contributed by atoms with van der Waals surface area (Å²) in [6, 6.07) is 8.09. The molecule has 4 aromatic heterocycles. The van der Waals surface area contributed by atoms with E-state index in [0.29, 0.717) is 17.0 Å². The Morgan fingerprint density at radius 1 is 0.971 bits per heavy atom. The van der Waals surface area contributed by atoms with E-state index in [-0.39, 0.29) is 6.10 Å². The quantitative estimate of drug-likeness (QED) is 0.279. The van der Waals surface area contributed by atoms with Gasteiger partial charge in [-0.1, -0.05) is 25.2 Å². The molecule has 5 rings (SSSR count). The fraction of sp³-hybridized carbons (Fsp3) is 0.423. The van der Waals surface area contributed by atoms with E-state index in [9.17, 15) is 0 Å². The van der Waals surface area contributed by atoms with Gasteiger partial charge >= 0.3 is 0 Å². The molecule has 0 spiro atoms. The van der Waals surface area contributed by atoms with Gasteiger partial charge in [0, 0.05) is 37.2 Å². The number of hydrogen-bond donors (Lipinski definition) is 0. The average molecular weight is 507 g/mol. The van der Waals surface area contributed by atoms with Crippen LogP contribution < -0.4 is 9.64 Å². The molecule has 35 heavy (non-hydrogen) atoms. The molecule has 5 heterocycles. The predicted molar refractivity (Wildman–Crippen MR) is 144 cm³/mol. The maximum atomic E-state index is 6.30. The van der Waals surface area contributed by atoms with E-state index in [1.165, 1.54) is 16.9 Å². The van der Waals surface area contributed by atoms with Gasteiger partial charge < -0.3 is 9.64 Å². The summed E-state index contributed by atoms with van der Waals surface area (Å²) in [5, 5.41) is 1.68. The fourth-order valence-corrected chi connectivity index (χ4v) is 5.51. The summed E-state index contributed by atoms with van der Waals surface area (Å²) in [6.07, 6.45) is 9.97. The monoisotopic (exact) mass is 506 g/mol. The molecule has 0 bridgehead atoms. The van der Waals surface area contributed by atoms with Crippen molar-refractivity contribution in [3.8, 4) is 16.5 Å². The maximum Gasteiger partial charge on any atom is 0.276 e. The van der Waals surface area contributed by atoms with E-state index in [0.717, 1.165) is 58.5 Å². The molecule has 1 saturated heterocycles. The summed E-state index contributed by atoms with van der Waals surface area (Å²) < 4.78 is 6.30. The van der Waals surface area contributed by atoms with Gasteiger partial charge in [-0.2, -0.15) is 0 Å². The van der Waals surface area contributed by atoms with Gasteiger partial charge in [-0.05, 0) is 67.7 Å². The Labute approximate surface area is 214 Å². The SMILES string of the molecule is CSc1ccc(-c2ccc3nc(OC(C)C4CCN(c5ncc(C(C)C)cn5)CC4)sc3n2)cn1. The number of nitrogens with zero attached hydrogens (tertiary/aromatic N) is 6. The van der Waals surface area contributed by atoms with Gasteiger partial charge in [0.25, 0.3) is 5.19 Å². The van der Waals surface area contributed by atoms with Gasteiger partial charge in [0.15, 0.2) is 0 Å². The van der Waals surface area contributed by atoms with Crippen LogP contribution in [0.3, 0.4) is 0 Å². The Morgan fingerprint density at radius 2 is 1.74 bits per heavy atom. The molecule has 0 aromatic carbocycles. The highest BCUT2D eigenvalue weighted by Crippen LogP contribution is 2.32. The molecular formula is C26H30N6OS2. The van der Waals surface area contributed by atoms with E-state index >= 15 is 0 Å². The molecule has 0 amide bonds. The van der Waals surface area contributed by atoms with Gasteiger partial charge in [0.1, 0.15) is 16.5 Å². The van der Waals surface area contributed by atoms with Crippen molar-refractivity contribution in [3.63, 3.8) is 0 Å². The molecule has 4 aromatic rings. The number of thioether (sulfide) groups is 1. The number of hydrogen-bond acceptors (Lipinski definition) is 9. The van der Waals surface area contributed by atoms with Crippen molar-refractivity contribution in [1.29, 1.82) is 0 Å². The number of anilines is 1. The molecule has 0 radical (unpaired) electrons. The maximum absolute atomic E-state index is 6.30. The topological polar surface area (TPSA) is 76.9 Å². The highest BCUT2D eigenvalue weighted by molar-refractivity contribution is 7.98. The number of piperidine rings is 1. The van der Waals surface area contributed by atoms with Crippen molar-refractivity contribution in [2.75, 3.05) is 24.2 Å². The van der Waals surface area contributed by atoms with Crippen LogP contribution in [0.25, 0.3) is 21.6 Å². The lowest BCUT2D eigenvalue weighted by atomic mass is 9.92. The zero-order valence-corrected chi connectivity index (χ0v) is 22.1. The zero-order valence-electron chi connectivity index (χ0n) is 20.5. The van der Waals surface area contributed by atoms with Crippen LogP contribution in [-0.4, -0.2) is 50.4 Å². The number of thiazole rings is 1. The van der Waals surface area contributed by atoms with Crippen molar-refractivity contribution in [2.24, 2.45) is 5.92 Å². The van der Waals surface area contributed by atoms with E-state index in [1.807, 2.05) is 43.0 Å². The van der Waals surface area contributed by atoms with Crippen LogP contribution in [0.5, 0.6) is 5.19 Å². The smallest absolute Gasteiger partial charge is 0.276 e. The van der Waals surface area contributed by atoms with Crippen LogP contribution >= 0.6 is 23.1 Å². The largest absolute Gasteiger partial charge is 0.467 e. The Balaban J connectivity index is 1.20. The molecule has 7 nitrogen and oxygen atoms in total. The van der Waals surface area contributed by atoms with Gasteiger partial charge in [-0.3, -0.25) is 0 Å². The minimum atomic E-state index is 0.0877. The molecule has 0 saturated carbocycles. The number of fused-ring (bicyclic) bond motifs is 1. The van der Waals surface area contributed by atoms with E-state index in [2.05, 4.69) is 51.7 Å². The highest BCUT2D eigenvalue weighted by atomic mass is 32.2. The normalized spacial score (nSPS) is 15.6. The lowest BCUT2D eigenvalue weighted by Crippen LogP contribution is -2.39. The summed E-state index contributed by atoms with van der Waals surface area (Å²) in [7, 11) is 0. The number of aromatic nitrogens is 5.